The molecule has 0 bridgehead atoms. The van der Waals surface area contributed by atoms with Crippen LogP contribution in [0.5, 0.6) is 0 Å². The van der Waals surface area contributed by atoms with Crippen molar-refractivity contribution in [1.29, 1.82) is 0 Å². The monoisotopic (exact) mass is 276 g/mol. The number of carbonyl (C=O) groups is 1. The van der Waals surface area contributed by atoms with Crippen molar-refractivity contribution in [1.82, 2.24) is 0 Å². The molecule has 0 aliphatic rings. The number of aromatic carboxylic acids is 1. The summed E-state index contributed by atoms with van der Waals surface area (Å²) in [5, 5.41) is 28.8. The van der Waals surface area contributed by atoms with Gasteiger partial charge in [0.25, 0.3) is 0 Å². The van der Waals surface area contributed by atoms with Crippen LogP contribution in [-0.4, -0.2) is 16.4 Å². The van der Waals surface area contributed by atoms with Crippen molar-refractivity contribution in [3.8, 4) is 0 Å². The molecule has 2 aromatic carbocycles. The molecule has 2 rings (SSSR count). The molecule has 0 fully saturated rings. The number of carboxylic acid groups (broad SMARTS) is 1. The van der Waals surface area contributed by atoms with E-state index in [0.29, 0.717) is 9.79 Å². The standard InChI is InChI=1S/C13H11NO4S/c15-13(16)11-6-1-2-7-12(11)19-10-5-3-4-9(8-10)14(17)18/h1-8,17-18H,(H,15,16)/p-1. The van der Waals surface area contributed by atoms with Crippen LogP contribution in [0.2, 0.25) is 0 Å². The van der Waals surface area contributed by atoms with E-state index in [4.69, 9.17) is 10.4 Å². The lowest BCUT2D eigenvalue weighted by Crippen LogP contribution is -2.22. The lowest BCUT2D eigenvalue weighted by Gasteiger charge is -2.11. The van der Waals surface area contributed by atoms with Gasteiger partial charge < -0.3 is 9.90 Å². The molecule has 0 atom stereocenters. The normalized spacial score (nSPS) is 10.2. The maximum absolute atomic E-state index is 11.0. The summed E-state index contributed by atoms with van der Waals surface area (Å²) >= 11 is 1.20. The predicted octanol–water partition coefficient (Wildman–Crippen LogP) is 1.79. The van der Waals surface area contributed by atoms with E-state index >= 15 is 0 Å². The fraction of sp³-hybridized carbons (Fsp3) is 0. The summed E-state index contributed by atoms with van der Waals surface area (Å²) in [6, 6.07) is 12.9. The Morgan fingerprint density at radius 3 is 2.53 bits per heavy atom. The zero-order chi connectivity index (χ0) is 13.8. The first kappa shape index (κ1) is 13.4. The van der Waals surface area contributed by atoms with Gasteiger partial charge in [-0.2, -0.15) is 0 Å². The molecular formula is C13H10NO4S-. The fourth-order valence-electron chi connectivity index (χ4n) is 1.52. The number of rotatable bonds is 4. The van der Waals surface area contributed by atoms with Crippen molar-refractivity contribution >= 4 is 23.4 Å². The molecule has 0 unspecified atom stereocenters. The van der Waals surface area contributed by atoms with Crippen LogP contribution in [-0.2, 0) is 0 Å². The van der Waals surface area contributed by atoms with Crippen molar-refractivity contribution in [2.24, 2.45) is 0 Å². The topological polar surface area (TPSA) is 83.8 Å². The second kappa shape index (κ2) is 5.75. The van der Waals surface area contributed by atoms with Gasteiger partial charge in [0, 0.05) is 15.4 Å². The highest BCUT2D eigenvalue weighted by Gasteiger charge is 2.06. The molecule has 0 aliphatic carbocycles. The highest BCUT2D eigenvalue weighted by atomic mass is 32.2. The molecule has 19 heavy (non-hydrogen) atoms. The van der Waals surface area contributed by atoms with E-state index in [1.807, 2.05) is 0 Å². The van der Waals surface area contributed by atoms with Crippen LogP contribution in [0.15, 0.2) is 58.3 Å². The molecule has 0 aromatic heterocycles. The molecular weight excluding hydrogens is 266 g/mol. The lowest BCUT2D eigenvalue weighted by atomic mass is 10.2. The van der Waals surface area contributed by atoms with Crippen LogP contribution in [0.25, 0.3) is 0 Å². The Morgan fingerprint density at radius 1 is 1.11 bits per heavy atom. The van der Waals surface area contributed by atoms with Crippen molar-refractivity contribution in [2.75, 3.05) is 5.23 Å². The van der Waals surface area contributed by atoms with Gasteiger partial charge in [-0.25, -0.2) is 0 Å². The van der Waals surface area contributed by atoms with Crippen LogP contribution < -0.4 is 10.3 Å². The van der Waals surface area contributed by atoms with Gasteiger partial charge in [-0.15, -0.1) is 5.23 Å². The molecule has 0 amide bonds. The van der Waals surface area contributed by atoms with E-state index in [1.54, 1.807) is 30.3 Å². The van der Waals surface area contributed by atoms with Crippen LogP contribution in [0.3, 0.4) is 0 Å². The first-order valence-electron chi connectivity index (χ1n) is 5.34. The Morgan fingerprint density at radius 2 is 1.84 bits per heavy atom. The quantitative estimate of drug-likeness (QED) is 0.828. The van der Waals surface area contributed by atoms with E-state index in [2.05, 4.69) is 0 Å². The highest BCUT2D eigenvalue weighted by Crippen LogP contribution is 2.31. The smallest absolute Gasteiger partial charge is 0.0954 e. The Kier molecular flexibility index (Phi) is 4.06. The van der Waals surface area contributed by atoms with Gasteiger partial charge in [0.05, 0.1) is 11.7 Å². The zero-order valence-electron chi connectivity index (χ0n) is 9.69. The maximum Gasteiger partial charge on any atom is 0.0954 e. The number of nitrogens with zero attached hydrogens (tertiary/aromatic N) is 1. The molecule has 2 aromatic rings. The minimum absolute atomic E-state index is 0.00865. The molecule has 0 saturated heterocycles. The summed E-state index contributed by atoms with van der Waals surface area (Å²) in [7, 11) is 0. The number of hydrogen-bond acceptors (Lipinski definition) is 6. The minimum atomic E-state index is -1.25. The molecule has 6 heteroatoms. The van der Waals surface area contributed by atoms with Crippen LogP contribution in [0.4, 0.5) is 5.69 Å². The number of carbonyl (C=O) groups excluding carboxylic acids is 1. The molecule has 0 spiro atoms. The van der Waals surface area contributed by atoms with Gasteiger partial charge in [0.2, 0.25) is 0 Å². The second-order valence-electron chi connectivity index (χ2n) is 3.67. The molecule has 0 radical (unpaired) electrons. The van der Waals surface area contributed by atoms with Gasteiger partial charge in [-0.05, 0) is 24.3 Å². The minimum Gasteiger partial charge on any atom is -0.545 e. The third kappa shape index (κ3) is 3.25. The Bertz CT molecular complexity index is 601. The highest BCUT2D eigenvalue weighted by molar-refractivity contribution is 7.99. The maximum atomic E-state index is 11.0. The van der Waals surface area contributed by atoms with E-state index < -0.39 is 5.97 Å². The van der Waals surface area contributed by atoms with Crippen molar-refractivity contribution in [3.05, 3.63) is 54.1 Å². The summed E-state index contributed by atoms with van der Waals surface area (Å²) in [6.45, 7) is 0. The third-order valence-electron chi connectivity index (χ3n) is 2.38. The van der Waals surface area contributed by atoms with E-state index in [9.17, 15) is 9.90 Å². The van der Waals surface area contributed by atoms with E-state index in [1.165, 1.54) is 30.0 Å². The SMILES string of the molecule is O=C([O-])c1ccccc1Sc1cccc(N(O)O)c1. The Balaban J connectivity index is 2.31. The predicted molar refractivity (Wildman–Crippen MR) is 67.4 cm³/mol. The molecule has 98 valence electrons. The van der Waals surface area contributed by atoms with Crippen molar-refractivity contribution in [2.45, 2.75) is 9.79 Å². The molecule has 0 aliphatic heterocycles. The number of hydrogen-bond donors (Lipinski definition) is 2. The average Bonchev–Trinajstić information content (AvgIpc) is 2.39. The number of carboxylic acids is 1. The number of anilines is 1. The average molecular weight is 276 g/mol. The summed E-state index contributed by atoms with van der Waals surface area (Å²) in [5.74, 6) is -1.25. The number of benzene rings is 2. The summed E-state index contributed by atoms with van der Waals surface area (Å²) in [4.78, 5) is 12.2. The summed E-state index contributed by atoms with van der Waals surface area (Å²) < 4.78 is 0. The Labute approximate surface area is 113 Å². The first-order chi connectivity index (χ1) is 9.08. The van der Waals surface area contributed by atoms with Crippen LogP contribution >= 0.6 is 11.8 Å². The van der Waals surface area contributed by atoms with E-state index in [0.717, 1.165) is 0 Å². The van der Waals surface area contributed by atoms with E-state index in [-0.39, 0.29) is 16.5 Å². The Hall–Kier alpha value is -2.02. The molecule has 0 heterocycles. The molecule has 5 nitrogen and oxygen atoms in total. The van der Waals surface area contributed by atoms with Crippen molar-refractivity contribution in [3.63, 3.8) is 0 Å². The molecule has 2 N–H and O–H groups in total. The van der Waals surface area contributed by atoms with Crippen LogP contribution in [0.1, 0.15) is 10.4 Å². The summed E-state index contributed by atoms with van der Waals surface area (Å²) in [5.41, 5.74) is 0.290. The largest absolute Gasteiger partial charge is 0.545 e. The lowest BCUT2D eigenvalue weighted by molar-refractivity contribution is -0.255. The van der Waals surface area contributed by atoms with Gasteiger partial charge in [-0.3, -0.25) is 10.4 Å². The van der Waals surface area contributed by atoms with Gasteiger partial charge in [0.1, 0.15) is 0 Å². The second-order valence-corrected chi connectivity index (χ2v) is 4.79. The third-order valence-corrected chi connectivity index (χ3v) is 3.45. The van der Waals surface area contributed by atoms with Gasteiger partial charge in [0.15, 0.2) is 0 Å². The van der Waals surface area contributed by atoms with Crippen molar-refractivity contribution < 1.29 is 20.3 Å². The fourth-order valence-corrected chi connectivity index (χ4v) is 2.51. The van der Waals surface area contributed by atoms with Gasteiger partial charge in [-0.1, -0.05) is 36.0 Å². The zero-order valence-corrected chi connectivity index (χ0v) is 10.5. The summed E-state index contributed by atoms with van der Waals surface area (Å²) in [6.07, 6.45) is 0. The first-order valence-corrected chi connectivity index (χ1v) is 6.16. The van der Waals surface area contributed by atoms with Crippen LogP contribution in [0, 0.1) is 0 Å². The van der Waals surface area contributed by atoms with Gasteiger partial charge >= 0.3 is 0 Å². The molecule has 0 saturated carbocycles.